The van der Waals surface area contributed by atoms with Gasteiger partial charge in [-0.05, 0) is 88.8 Å². The van der Waals surface area contributed by atoms with Crippen LogP contribution >= 0.6 is 0 Å². The number of urea groups is 1. The van der Waals surface area contributed by atoms with Gasteiger partial charge in [-0.2, -0.15) is 13.2 Å². The molecule has 2 N–H and O–H groups in total. The summed E-state index contributed by atoms with van der Waals surface area (Å²) in [4.78, 5) is 36.1. The summed E-state index contributed by atoms with van der Waals surface area (Å²) in [5.41, 5.74) is 2.93. The topological polar surface area (TPSA) is 80.8 Å². The first kappa shape index (κ1) is 32.7. The smallest absolute Gasteiger partial charge is 0.338 e. The maximum atomic E-state index is 13.6. The number of piperidine rings is 1. The van der Waals surface area contributed by atoms with E-state index in [1.165, 1.54) is 6.20 Å². The van der Waals surface area contributed by atoms with Crippen LogP contribution in [0.1, 0.15) is 85.7 Å². The van der Waals surface area contributed by atoms with Gasteiger partial charge in [0.15, 0.2) is 0 Å². The van der Waals surface area contributed by atoms with Crippen molar-refractivity contribution in [3.05, 3.63) is 58.4 Å². The first-order valence-corrected chi connectivity index (χ1v) is 15.3. The Balaban J connectivity index is 1.37. The molecule has 236 valence electrons. The van der Waals surface area contributed by atoms with Crippen LogP contribution in [0.15, 0.2) is 30.5 Å². The summed E-state index contributed by atoms with van der Waals surface area (Å²) in [6.07, 6.45) is -0.558. The molecule has 4 rings (SSSR count). The van der Waals surface area contributed by atoms with Crippen LogP contribution in [0.3, 0.4) is 0 Å². The molecule has 3 heterocycles. The fourth-order valence-electron chi connectivity index (χ4n) is 6.73. The number of likely N-dealkylation sites (tertiary alicyclic amines) is 1. The maximum absolute atomic E-state index is 13.6. The van der Waals surface area contributed by atoms with E-state index >= 15 is 0 Å². The van der Waals surface area contributed by atoms with E-state index in [0.29, 0.717) is 30.9 Å². The van der Waals surface area contributed by atoms with Gasteiger partial charge in [0, 0.05) is 74.3 Å². The van der Waals surface area contributed by atoms with Gasteiger partial charge in [-0.3, -0.25) is 19.6 Å². The van der Waals surface area contributed by atoms with Crippen molar-refractivity contribution in [1.82, 2.24) is 25.0 Å². The van der Waals surface area contributed by atoms with Gasteiger partial charge in [-0.1, -0.05) is 13.0 Å². The van der Waals surface area contributed by atoms with Gasteiger partial charge in [-0.15, -0.1) is 0 Å². The highest BCUT2D eigenvalue weighted by Gasteiger charge is 2.41. The molecular formula is C32H45F3N6O2. The monoisotopic (exact) mass is 602 g/mol. The average Bonchev–Trinajstić information content (AvgIpc) is 2.94. The first-order valence-electron chi connectivity index (χ1n) is 15.3. The summed E-state index contributed by atoms with van der Waals surface area (Å²) >= 11 is 0. The Morgan fingerprint density at radius 2 is 1.72 bits per heavy atom. The third-order valence-corrected chi connectivity index (χ3v) is 9.16. The molecule has 2 aliphatic heterocycles. The van der Waals surface area contributed by atoms with E-state index in [0.717, 1.165) is 61.7 Å². The van der Waals surface area contributed by atoms with Crippen LogP contribution in [-0.2, 0) is 6.18 Å². The molecule has 43 heavy (non-hydrogen) atoms. The zero-order chi connectivity index (χ0) is 31.5. The molecule has 2 aromatic rings. The van der Waals surface area contributed by atoms with Gasteiger partial charge in [0.2, 0.25) is 0 Å². The van der Waals surface area contributed by atoms with Crippen LogP contribution in [0, 0.1) is 13.8 Å². The summed E-state index contributed by atoms with van der Waals surface area (Å²) in [7, 11) is 0. The van der Waals surface area contributed by atoms with Crippen LogP contribution in [-0.4, -0.2) is 82.5 Å². The third-order valence-electron chi connectivity index (χ3n) is 9.16. The SMILES string of the molecule is CCNC(=O)Nc1cc(C)c(C(=O)N2CCC(C)(N3CCN([C@@H](CC)c4ccc(C(F)(F)F)nc4)[C@@H](C)C3)CC2)c(C)c1. The molecule has 0 bridgehead atoms. The minimum atomic E-state index is -4.44. The van der Waals surface area contributed by atoms with E-state index in [1.54, 1.807) is 6.07 Å². The largest absolute Gasteiger partial charge is 0.433 e. The number of hydrogen-bond acceptors (Lipinski definition) is 5. The summed E-state index contributed by atoms with van der Waals surface area (Å²) in [5, 5.41) is 5.54. The second-order valence-electron chi connectivity index (χ2n) is 12.2. The number of carbonyl (C=O) groups excluding carboxylic acids is 2. The Morgan fingerprint density at radius 1 is 1.07 bits per heavy atom. The lowest BCUT2D eigenvalue weighted by molar-refractivity contribution is -0.141. The van der Waals surface area contributed by atoms with Crippen LogP contribution in [0.4, 0.5) is 23.7 Å². The molecule has 2 saturated heterocycles. The van der Waals surface area contributed by atoms with Crippen molar-refractivity contribution in [3.63, 3.8) is 0 Å². The van der Waals surface area contributed by atoms with Crippen LogP contribution < -0.4 is 10.6 Å². The van der Waals surface area contributed by atoms with E-state index in [1.807, 2.05) is 37.8 Å². The highest BCUT2D eigenvalue weighted by Crippen LogP contribution is 2.36. The number of nitrogens with one attached hydrogen (secondary N) is 2. The molecule has 0 spiro atoms. The third kappa shape index (κ3) is 7.32. The summed E-state index contributed by atoms with van der Waals surface area (Å²) in [5.74, 6) is 0.0238. The molecule has 3 amide bonds. The lowest BCUT2D eigenvalue weighted by atomic mass is 9.85. The number of alkyl halides is 3. The van der Waals surface area contributed by atoms with Crippen molar-refractivity contribution in [3.8, 4) is 0 Å². The number of aryl methyl sites for hydroxylation is 2. The second-order valence-corrected chi connectivity index (χ2v) is 12.2. The Bertz CT molecular complexity index is 1270. The van der Waals surface area contributed by atoms with Crippen LogP contribution in [0.5, 0.6) is 0 Å². The van der Waals surface area contributed by atoms with E-state index in [-0.39, 0.29) is 29.6 Å². The zero-order valence-electron chi connectivity index (χ0n) is 26.1. The predicted molar refractivity (Wildman–Crippen MR) is 162 cm³/mol. The molecule has 0 unspecified atom stereocenters. The van der Waals surface area contributed by atoms with Crippen LogP contribution in [0.25, 0.3) is 0 Å². The number of nitrogens with zero attached hydrogens (tertiary/aromatic N) is 4. The average molecular weight is 603 g/mol. The number of piperazine rings is 1. The minimum Gasteiger partial charge on any atom is -0.338 e. The number of aromatic nitrogens is 1. The number of pyridine rings is 1. The van der Waals surface area contributed by atoms with Crippen molar-refractivity contribution in [2.24, 2.45) is 0 Å². The number of amides is 3. The second kappa shape index (κ2) is 13.2. The number of carbonyl (C=O) groups is 2. The van der Waals surface area contributed by atoms with Crippen LogP contribution in [0.2, 0.25) is 0 Å². The van der Waals surface area contributed by atoms with Crippen molar-refractivity contribution in [2.75, 3.05) is 44.6 Å². The number of rotatable bonds is 7. The van der Waals surface area contributed by atoms with E-state index in [9.17, 15) is 22.8 Å². The Hall–Kier alpha value is -3.18. The Labute approximate surface area is 253 Å². The number of halogens is 3. The molecule has 0 radical (unpaired) electrons. The standard InChI is InChI=1S/C32H45F3N6O2/c1-7-26(24-9-10-27(37-19-24)32(33,34)35)41-16-15-40(20-23(41)5)31(6)11-13-39(14-12-31)29(42)28-21(3)17-25(18-22(28)4)38-30(43)36-8-2/h9-10,17-19,23,26H,7-8,11-16,20H2,1-6H3,(H2,36,38,43)/t23-,26-/m0/s1. The van der Waals surface area contributed by atoms with Gasteiger partial charge in [0.1, 0.15) is 5.69 Å². The summed E-state index contributed by atoms with van der Waals surface area (Å²) in [6.45, 7) is 16.6. The molecule has 2 fully saturated rings. The van der Waals surface area contributed by atoms with Gasteiger partial charge in [0.25, 0.3) is 5.91 Å². The van der Waals surface area contributed by atoms with E-state index in [4.69, 9.17) is 0 Å². The van der Waals surface area contributed by atoms with Gasteiger partial charge in [-0.25, -0.2) is 4.79 Å². The lowest BCUT2D eigenvalue weighted by Gasteiger charge is -2.52. The van der Waals surface area contributed by atoms with Crippen molar-refractivity contribution in [1.29, 1.82) is 0 Å². The molecule has 0 aliphatic carbocycles. The summed E-state index contributed by atoms with van der Waals surface area (Å²) < 4.78 is 39.1. The summed E-state index contributed by atoms with van der Waals surface area (Å²) in [6, 6.07) is 6.28. The lowest BCUT2D eigenvalue weighted by Crippen LogP contribution is -2.62. The Morgan fingerprint density at radius 3 is 2.23 bits per heavy atom. The normalized spacial score (nSPS) is 20.5. The van der Waals surface area contributed by atoms with E-state index in [2.05, 4.69) is 46.2 Å². The molecule has 1 aromatic carbocycles. The zero-order valence-corrected chi connectivity index (χ0v) is 26.1. The molecular weight excluding hydrogens is 557 g/mol. The predicted octanol–water partition coefficient (Wildman–Crippen LogP) is 6.01. The maximum Gasteiger partial charge on any atom is 0.433 e. The van der Waals surface area contributed by atoms with E-state index < -0.39 is 11.9 Å². The number of anilines is 1. The molecule has 2 aliphatic rings. The van der Waals surface area contributed by atoms with Gasteiger partial charge in [0.05, 0.1) is 0 Å². The molecule has 8 nitrogen and oxygen atoms in total. The van der Waals surface area contributed by atoms with Crippen molar-refractivity contribution >= 4 is 17.6 Å². The quantitative estimate of drug-likeness (QED) is 0.406. The molecule has 11 heteroatoms. The van der Waals surface area contributed by atoms with Gasteiger partial charge >= 0.3 is 12.2 Å². The first-order chi connectivity index (χ1) is 20.3. The molecule has 1 aromatic heterocycles. The number of hydrogen-bond donors (Lipinski definition) is 2. The number of benzene rings is 1. The van der Waals surface area contributed by atoms with Crippen molar-refractivity contribution in [2.45, 2.75) is 84.6 Å². The van der Waals surface area contributed by atoms with Gasteiger partial charge < -0.3 is 15.5 Å². The minimum absolute atomic E-state index is 0.00769. The highest BCUT2D eigenvalue weighted by atomic mass is 19.4. The Kier molecular flexibility index (Phi) is 10.1. The fourth-order valence-corrected chi connectivity index (χ4v) is 6.73. The molecule has 2 atom stereocenters. The highest BCUT2D eigenvalue weighted by molar-refractivity contribution is 5.98. The van der Waals surface area contributed by atoms with Crippen molar-refractivity contribution < 1.29 is 22.8 Å². The molecule has 0 saturated carbocycles. The fraction of sp³-hybridized carbons (Fsp3) is 0.594.